The van der Waals surface area contributed by atoms with Crippen molar-refractivity contribution in [3.8, 4) is 0 Å². The highest BCUT2D eigenvalue weighted by Gasteiger charge is 2.46. The van der Waals surface area contributed by atoms with Gasteiger partial charge in [0, 0.05) is 33.0 Å². The number of sulfonamides is 1. The molecule has 3 unspecified atom stereocenters. The number of hydrogen-bond acceptors (Lipinski definition) is 6. The van der Waals surface area contributed by atoms with Crippen molar-refractivity contribution in [2.75, 3.05) is 26.4 Å². The van der Waals surface area contributed by atoms with E-state index in [2.05, 4.69) is 4.98 Å². The van der Waals surface area contributed by atoms with Gasteiger partial charge in [-0.3, -0.25) is 0 Å². The Morgan fingerprint density at radius 1 is 1.29 bits per heavy atom. The number of aliphatic carboxylic acids is 1. The average Bonchev–Trinajstić information content (AvgIpc) is 3.23. The van der Waals surface area contributed by atoms with Crippen LogP contribution in [0.4, 0.5) is 13.2 Å². The molecule has 13 heteroatoms. The summed E-state index contributed by atoms with van der Waals surface area (Å²) in [7, 11) is -1.79. The zero-order valence-corrected chi connectivity index (χ0v) is 17.8. The van der Waals surface area contributed by atoms with E-state index in [0.717, 1.165) is 25.4 Å². The highest BCUT2D eigenvalue weighted by Crippen LogP contribution is 2.37. The SMILES string of the molecule is Cn1cnc(S(=O)(=O)N2CCOC3CC(COCC4CC4)CC32)c1.O=C(O)C(F)(F)F. The molecule has 1 N–H and O–H groups in total. The highest BCUT2D eigenvalue weighted by molar-refractivity contribution is 7.89. The number of aromatic nitrogens is 2. The van der Waals surface area contributed by atoms with Gasteiger partial charge in [0.05, 0.1) is 25.1 Å². The van der Waals surface area contributed by atoms with E-state index in [1.54, 1.807) is 22.1 Å². The van der Waals surface area contributed by atoms with Crippen LogP contribution < -0.4 is 0 Å². The molecule has 0 amide bonds. The van der Waals surface area contributed by atoms with Gasteiger partial charge >= 0.3 is 12.1 Å². The van der Waals surface area contributed by atoms with Gasteiger partial charge in [0.15, 0.2) is 5.03 Å². The Hall–Kier alpha value is -1.70. The van der Waals surface area contributed by atoms with Crippen LogP contribution in [0.5, 0.6) is 0 Å². The number of imidazole rings is 1. The summed E-state index contributed by atoms with van der Waals surface area (Å²) in [6, 6.07) is -0.0970. The van der Waals surface area contributed by atoms with Gasteiger partial charge in [0.2, 0.25) is 0 Å². The van der Waals surface area contributed by atoms with Crippen LogP contribution in [0.3, 0.4) is 0 Å². The molecule has 176 valence electrons. The minimum atomic E-state index is -5.08. The van der Waals surface area contributed by atoms with Gasteiger partial charge in [-0.2, -0.15) is 17.5 Å². The molecule has 1 aromatic rings. The van der Waals surface area contributed by atoms with Gasteiger partial charge in [-0.15, -0.1) is 0 Å². The molecule has 0 aromatic carbocycles. The molecule has 1 saturated heterocycles. The van der Waals surface area contributed by atoms with Gasteiger partial charge in [-0.25, -0.2) is 18.2 Å². The number of ether oxygens (including phenoxy) is 2. The third kappa shape index (κ3) is 6.18. The van der Waals surface area contributed by atoms with E-state index in [9.17, 15) is 21.6 Å². The lowest BCUT2D eigenvalue weighted by Crippen LogP contribution is -2.51. The lowest BCUT2D eigenvalue weighted by atomic mass is 10.1. The number of hydrogen-bond donors (Lipinski definition) is 1. The van der Waals surface area contributed by atoms with Crippen molar-refractivity contribution in [1.29, 1.82) is 0 Å². The second kappa shape index (κ2) is 9.43. The first-order chi connectivity index (χ1) is 14.5. The predicted molar refractivity (Wildman–Crippen MR) is 101 cm³/mol. The van der Waals surface area contributed by atoms with Crippen LogP contribution in [0.2, 0.25) is 0 Å². The Morgan fingerprint density at radius 3 is 2.48 bits per heavy atom. The average molecular weight is 469 g/mol. The second-order valence-electron chi connectivity index (χ2n) is 8.09. The fourth-order valence-electron chi connectivity index (χ4n) is 3.78. The lowest BCUT2D eigenvalue weighted by Gasteiger charge is -2.35. The number of rotatable bonds is 6. The van der Waals surface area contributed by atoms with Gasteiger partial charge in [-0.1, -0.05) is 0 Å². The first-order valence-corrected chi connectivity index (χ1v) is 11.4. The van der Waals surface area contributed by atoms with Crippen LogP contribution in [0.1, 0.15) is 25.7 Å². The summed E-state index contributed by atoms with van der Waals surface area (Å²) in [5.74, 6) is -1.63. The van der Waals surface area contributed by atoms with E-state index in [1.807, 2.05) is 0 Å². The lowest BCUT2D eigenvalue weighted by molar-refractivity contribution is -0.192. The molecule has 4 rings (SSSR count). The normalized spacial score (nSPS) is 26.8. The standard InChI is InChI=1S/C16H25N3O4S.C2HF3O2/c1-18-8-16(17-11-18)24(20,21)19-4-5-23-15-7-13(6-14(15)19)10-22-9-12-2-3-12;3-2(4,5)1(6)7/h8,11-15H,2-7,9-10H2,1H3;(H,6,7). The number of carboxylic acid groups (broad SMARTS) is 1. The number of morpholine rings is 1. The molecule has 0 bridgehead atoms. The molecular weight excluding hydrogens is 443 g/mol. The minimum absolute atomic E-state index is 0.0215. The summed E-state index contributed by atoms with van der Waals surface area (Å²) < 4.78 is 72.5. The maximum absolute atomic E-state index is 12.9. The first-order valence-electron chi connectivity index (χ1n) is 9.97. The van der Waals surface area contributed by atoms with E-state index in [-0.39, 0.29) is 17.2 Å². The van der Waals surface area contributed by atoms with Crippen LogP contribution in [-0.4, -0.2) is 78.0 Å². The van der Waals surface area contributed by atoms with Gasteiger partial charge in [0.1, 0.15) is 0 Å². The zero-order chi connectivity index (χ0) is 22.8. The Kier molecular flexibility index (Phi) is 7.28. The molecule has 2 heterocycles. The quantitative estimate of drug-likeness (QED) is 0.674. The smallest absolute Gasteiger partial charge is 0.475 e. The fourth-order valence-corrected chi connectivity index (χ4v) is 5.39. The molecule has 3 aliphatic rings. The third-order valence-electron chi connectivity index (χ3n) is 5.48. The van der Waals surface area contributed by atoms with E-state index in [4.69, 9.17) is 19.4 Å². The number of carbonyl (C=O) groups is 1. The van der Waals surface area contributed by atoms with Crippen molar-refractivity contribution in [1.82, 2.24) is 13.9 Å². The Bertz CT molecular complexity index is 871. The Labute approximate surface area is 178 Å². The third-order valence-corrected chi connectivity index (χ3v) is 7.29. The van der Waals surface area contributed by atoms with Crippen molar-refractivity contribution < 1.29 is 41.0 Å². The maximum atomic E-state index is 12.9. The van der Waals surface area contributed by atoms with Crippen molar-refractivity contribution in [2.24, 2.45) is 18.9 Å². The summed E-state index contributed by atoms with van der Waals surface area (Å²) in [5.41, 5.74) is 0. The summed E-state index contributed by atoms with van der Waals surface area (Å²) in [5, 5.41) is 7.25. The molecular formula is C18H26F3N3O6S. The van der Waals surface area contributed by atoms with Crippen molar-refractivity contribution in [3.05, 3.63) is 12.5 Å². The van der Waals surface area contributed by atoms with Gasteiger partial charge < -0.3 is 19.1 Å². The van der Waals surface area contributed by atoms with Crippen LogP contribution >= 0.6 is 0 Å². The molecule has 31 heavy (non-hydrogen) atoms. The number of halogens is 3. The number of nitrogens with zero attached hydrogens (tertiary/aromatic N) is 3. The van der Waals surface area contributed by atoms with Crippen molar-refractivity contribution in [3.63, 3.8) is 0 Å². The predicted octanol–water partition coefficient (Wildman–Crippen LogP) is 1.65. The summed E-state index contributed by atoms with van der Waals surface area (Å²) >= 11 is 0. The molecule has 9 nitrogen and oxygen atoms in total. The van der Waals surface area contributed by atoms with Crippen LogP contribution in [0, 0.1) is 11.8 Å². The summed E-state index contributed by atoms with van der Waals surface area (Å²) in [4.78, 5) is 12.9. The summed E-state index contributed by atoms with van der Waals surface area (Å²) in [6.45, 7) is 2.41. The van der Waals surface area contributed by atoms with E-state index in [1.165, 1.54) is 19.2 Å². The van der Waals surface area contributed by atoms with E-state index in [0.29, 0.717) is 25.7 Å². The van der Waals surface area contributed by atoms with Crippen LogP contribution in [-0.2, 0) is 31.3 Å². The molecule has 2 saturated carbocycles. The molecule has 3 fully saturated rings. The molecule has 0 spiro atoms. The maximum Gasteiger partial charge on any atom is 0.490 e. The molecule has 1 aliphatic heterocycles. The van der Waals surface area contributed by atoms with E-state index >= 15 is 0 Å². The van der Waals surface area contributed by atoms with E-state index < -0.39 is 22.2 Å². The topological polar surface area (TPSA) is 111 Å². The van der Waals surface area contributed by atoms with Gasteiger partial charge in [0.25, 0.3) is 10.0 Å². The zero-order valence-electron chi connectivity index (χ0n) is 17.0. The fraction of sp³-hybridized carbons (Fsp3) is 0.778. The number of alkyl halides is 3. The van der Waals surface area contributed by atoms with Crippen molar-refractivity contribution in [2.45, 2.75) is 49.0 Å². The molecule has 1 aromatic heterocycles. The highest BCUT2D eigenvalue weighted by atomic mass is 32.2. The molecule has 3 atom stereocenters. The van der Waals surface area contributed by atoms with Crippen LogP contribution in [0.25, 0.3) is 0 Å². The van der Waals surface area contributed by atoms with Crippen LogP contribution in [0.15, 0.2) is 17.6 Å². The minimum Gasteiger partial charge on any atom is -0.475 e. The number of carboxylic acids is 1. The molecule has 0 radical (unpaired) electrons. The van der Waals surface area contributed by atoms with Gasteiger partial charge in [-0.05, 0) is 37.5 Å². The van der Waals surface area contributed by atoms with Crippen molar-refractivity contribution >= 4 is 16.0 Å². The molecule has 2 aliphatic carbocycles. The monoisotopic (exact) mass is 469 g/mol. The Morgan fingerprint density at radius 2 is 1.94 bits per heavy atom. The second-order valence-corrected chi connectivity index (χ2v) is 9.93. The summed E-state index contributed by atoms with van der Waals surface area (Å²) in [6.07, 6.45) is 2.24. The Balaban J connectivity index is 0.000000339. The number of fused-ring (bicyclic) bond motifs is 1. The number of aryl methyl sites for hydroxylation is 1. The largest absolute Gasteiger partial charge is 0.490 e. The first kappa shape index (κ1) is 24.0.